The van der Waals surface area contributed by atoms with Crippen molar-refractivity contribution < 1.29 is 9.53 Å². The molecule has 4 rings (SSSR count). The van der Waals surface area contributed by atoms with Gasteiger partial charge in [0.25, 0.3) is 0 Å². The minimum Gasteiger partial charge on any atom is -0.497 e. The third-order valence-corrected chi connectivity index (χ3v) is 6.79. The van der Waals surface area contributed by atoms with Gasteiger partial charge in [0.15, 0.2) is 0 Å². The van der Waals surface area contributed by atoms with E-state index < -0.39 is 0 Å². The van der Waals surface area contributed by atoms with Crippen LogP contribution in [0.25, 0.3) is 10.9 Å². The van der Waals surface area contributed by atoms with Gasteiger partial charge in [0, 0.05) is 44.2 Å². The molecule has 31 heavy (non-hydrogen) atoms. The Labute approximate surface area is 184 Å². The first-order chi connectivity index (χ1) is 15.1. The smallest absolute Gasteiger partial charge is 0.237 e. The van der Waals surface area contributed by atoms with Crippen molar-refractivity contribution in [3.05, 3.63) is 30.5 Å². The summed E-state index contributed by atoms with van der Waals surface area (Å²) in [6, 6.07) is 8.88. The van der Waals surface area contributed by atoms with Crippen LogP contribution in [0.4, 0.5) is 5.69 Å². The van der Waals surface area contributed by atoms with Crippen LogP contribution in [0.2, 0.25) is 0 Å². The van der Waals surface area contributed by atoms with Crippen LogP contribution in [0.5, 0.6) is 5.75 Å². The van der Waals surface area contributed by atoms with Gasteiger partial charge in [0.2, 0.25) is 5.91 Å². The molecule has 7 nitrogen and oxygen atoms in total. The molecule has 2 aromatic rings. The number of hydrogen-bond acceptors (Lipinski definition) is 6. The summed E-state index contributed by atoms with van der Waals surface area (Å²) in [4.78, 5) is 28.1. The Hall–Kier alpha value is -2.67. The van der Waals surface area contributed by atoms with Crippen molar-refractivity contribution in [3.63, 3.8) is 0 Å². The normalized spacial score (nSPS) is 20.2. The molecule has 0 aliphatic carbocycles. The van der Waals surface area contributed by atoms with Gasteiger partial charge in [-0.3, -0.25) is 19.7 Å². The van der Waals surface area contributed by atoms with Gasteiger partial charge in [-0.25, -0.2) is 0 Å². The summed E-state index contributed by atoms with van der Waals surface area (Å²) in [5.41, 5.74) is 2.07. The molecule has 2 saturated heterocycles. The van der Waals surface area contributed by atoms with Crippen LogP contribution in [-0.4, -0.2) is 86.4 Å². The quantitative estimate of drug-likeness (QED) is 0.641. The Kier molecular flexibility index (Phi) is 6.70. The summed E-state index contributed by atoms with van der Waals surface area (Å²) < 4.78 is 5.29. The number of carbonyl (C=O) groups is 1. The van der Waals surface area contributed by atoms with E-state index in [1.165, 1.54) is 0 Å². The number of aromatic nitrogens is 1. The summed E-state index contributed by atoms with van der Waals surface area (Å²) in [7, 11) is 3.82. The second-order valence-corrected chi connectivity index (χ2v) is 8.66. The maximum absolute atomic E-state index is 12.8. The molecule has 0 spiro atoms. The van der Waals surface area contributed by atoms with Crippen LogP contribution in [0.15, 0.2) is 35.5 Å². The molecule has 2 aliphatic rings. The third-order valence-electron chi connectivity index (χ3n) is 6.79. The zero-order chi connectivity index (χ0) is 21.8. The molecule has 1 aromatic heterocycles. The van der Waals surface area contributed by atoms with Crippen molar-refractivity contribution in [1.29, 1.82) is 0 Å². The van der Waals surface area contributed by atoms with E-state index in [1.807, 2.05) is 23.2 Å². The van der Waals surface area contributed by atoms with E-state index in [4.69, 9.17) is 4.74 Å². The van der Waals surface area contributed by atoms with Crippen LogP contribution in [0, 0.1) is 0 Å². The summed E-state index contributed by atoms with van der Waals surface area (Å²) in [5, 5.41) is 1.11. The van der Waals surface area contributed by atoms with Crippen LogP contribution in [0.3, 0.4) is 0 Å². The van der Waals surface area contributed by atoms with Gasteiger partial charge in [-0.05, 0) is 50.6 Å². The van der Waals surface area contributed by atoms with Gasteiger partial charge < -0.3 is 14.5 Å². The second-order valence-electron chi connectivity index (χ2n) is 8.66. The minimum absolute atomic E-state index is 0.243. The molecule has 0 unspecified atom stereocenters. The van der Waals surface area contributed by atoms with Gasteiger partial charge in [0.1, 0.15) is 5.75 Å². The van der Waals surface area contributed by atoms with E-state index in [-0.39, 0.29) is 11.9 Å². The monoisotopic (exact) mass is 423 g/mol. The predicted molar refractivity (Wildman–Crippen MR) is 125 cm³/mol. The topological polar surface area (TPSA) is 61.3 Å². The molecular formula is C24H33N5O2. The Morgan fingerprint density at radius 2 is 2.06 bits per heavy atom. The fraction of sp³-hybridized carbons (Fsp3) is 0.542. The molecule has 0 N–H and O–H groups in total. The average molecular weight is 424 g/mol. The number of fused-ring (bicyclic) bond motifs is 1. The van der Waals surface area contributed by atoms with E-state index in [0.717, 1.165) is 67.7 Å². The second kappa shape index (κ2) is 9.64. The molecule has 1 aromatic carbocycles. The SMILES string of the molecule is C=NC[C@@H]1CCCN1C(=O)CN1CCC(N(C)c2cnc3cc(OC)ccc3c2)CC1. The Bertz CT molecular complexity index is 925. The zero-order valence-electron chi connectivity index (χ0n) is 18.7. The van der Waals surface area contributed by atoms with Gasteiger partial charge >= 0.3 is 0 Å². The maximum Gasteiger partial charge on any atom is 0.237 e. The van der Waals surface area contributed by atoms with Crippen molar-refractivity contribution in [2.24, 2.45) is 4.99 Å². The number of benzene rings is 1. The molecule has 2 fully saturated rings. The summed E-state index contributed by atoms with van der Waals surface area (Å²) in [5.74, 6) is 1.07. The number of rotatable bonds is 7. The lowest BCUT2D eigenvalue weighted by Crippen LogP contribution is -2.48. The molecule has 0 saturated carbocycles. The van der Waals surface area contributed by atoms with E-state index in [0.29, 0.717) is 19.1 Å². The number of nitrogens with zero attached hydrogens (tertiary/aromatic N) is 5. The lowest BCUT2D eigenvalue weighted by atomic mass is 10.0. The van der Waals surface area contributed by atoms with Crippen molar-refractivity contribution in [2.45, 2.75) is 37.8 Å². The number of pyridine rings is 1. The van der Waals surface area contributed by atoms with Crippen molar-refractivity contribution in [1.82, 2.24) is 14.8 Å². The number of piperidine rings is 1. The van der Waals surface area contributed by atoms with E-state index in [9.17, 15) is 4.79 Å². The number of hydrogen-bond donors (Lipinski definition) is 0. The van der Waals surface area contributed by atoms with Crippen molar-refractivity contribution in [2.75, 3.05) is 51.8 Å². The number of amides is 1. The maximum atomic E-state index is 12.8. The lowest BCUT2D eigenvalue weighted by molar-refractivity contribution is -0.133. The Balaban J connectivity index is 1.32. The molecule has 1 amide bonds. The van der Waals surface area contributed by atoms with Gasteiger partial charge in [-0.15, -0.1) is 0 Å². The summed E-state index contributed by atoms with van der Waals surface area (Å²) >= 11 is 0. The highest BCUT2D eigenvalue weighted by Gasteiger charge is 2.30. The summed E-state index contributed by atoms with van der Waals surface area (Å²) in [6.07, 6.45) is 6.15. The van der Waals surface area contributed by atoms with Crippen molar-refractivity contribution >= 4 is 29.2 Å². The molecule has 166 valence electrons. The Morgan fingerprint density at radius 3 is 2.81 bits per heavy atom. The first kappa shape index (κ1) is 21.6. The van der Waals surface area contributed by atoms with Gasteiger partial charge in [-0.2, -0.15) is 0 Å². The number of carbonyl (C=O) groups excluding carboxylic acids is 1. The van der Waals surface area contributed by atoms with E-state index in [1.54, 1.807) is 7.11 Å². The van der Waals surface area contributed by atoms with Crippen LogP contribution < -0.4 is 9.64 Å². The highest BCUT2D eigenvalue weighted by molar-refractivity contribution is 5.83. The highest BCUT2D eigenvalue weighted by atomic mass is 16.5. The number of ether oxygens (including phenoxy) is 1. The zero-order valence-corrected chi connectivity index (χ0v) is 18.7. The van der Waals surface area contributed by atoms with E-state index >= 15 is 0 Å². The van der Waals surface area contributed by atoms with Crippen LogP contribution in [-0.2, 0) is 4.79 Å². The molecular weight excluding hydrogens is 390 g/mol. The first-order valence-electron chi connectivity index (χ1n) is 11.2. The van der Waals surface area contributed by atoms with E-state index in [2.05, 4.69) is 45.7 Å². The molecule has 0 radical (unpaired) electrons. The number of methoxy groups -OCH3 is 1. The fourth-order valence-corrected chi connectivity index (χ4v) is 4.87. The summed E-state index contributed by atoms with van der Waals surface area (Å²) in [6.45, 7) is 7.51. The molecule has 0 bridgehead atoms. The number of anilines is 1. The lowest BCUT2D eigenvalue weighted by Gasteiger charge is -2.38. The Morgan fingerprint density at radius 1 is 1.26 bits per heavy atom. The number of likely N-dealkylation sites (tertiary alicyclic amines) is 2. The standard InChI is InChI=1S/C24H33N5O2/c1-25-15-20-5-4-10-29(20)24(30)17-28-11-8-19(9-12-28)27(2)21-13-18-6-7-22(31-3)14-23(18)26-16-21/h6-7,13-14,16,19-20H,1,4-5,8-12,15,17H2,2-3H3/t20-/m0/s1. The molecule has 1 atom stereocenters. The first-order valence-corrected chi connectivity index (χ1v) is 11.2. The predicted octanol–water partition coefficient (Wildman–Crippen LogP) is 2.84. The average Bonchev–Trinajstić information content (AvgIpc) is 3.27. The fourth-order valence-electron chi connectivity index (χ4n) is 4.87. The van der Waals surface area contributed by atoms with Crippen molar-refractivity contribution in [3.8, 4) is 5.75 Å². The highest BCUT2D eigenvalue weighted by Crippen LogP contribution is 2.27. The minimum atomic E-state index is 0.243. The molecule has 2 aliphatic heterocycles. The molecule has 3 heterocycles. The van der Waals surface area contributed by atoms with Gasteiger partial charge in [-0.1, -0.05) is 0 Å². The van der Waals surface area contributed by atoms with Crippen LogP contribution in [0.1, 0.15) is 25.7 Å². The van der Waals surface area contributed by atoms with Crippen LogP contribution >= 0.6 is 0 Å². The third kappa shape index (κ3) is 4.82. The van der Waals surface area contributed by atoms with Gasteiger partial charge in [0.05, 0.1) is 43.6 Å². The molecule has 7 heteroatoms. The number of aliphatic imine (C=N–C) groups is 1. The largest absolute Gasteiger partial charge is 0.497 e.